The molecule has 0 saturated carbocycles. The quantitative estimate of drug-likeness (QED) is 0.0433. The highest BCUT2D eigenvalue weighted by molar-refractivity contribution is 5.94. The fourth-order valence-electron chi connectivity index (χ4n) is 3.38. The van der Waals surface area contributed by atoms with Gasteiger partial charge in [0.2, 0.25) is 23.6 Å². The number of nitrogens with zero attached hydrogens (tertiary/aromatic N) is 2. The number of hydrogen-bond acceptors (Lipinski definition) is 9. The fraction of sp³-hybridized carbons (Fsp3) is 0.545. The van der Waals surface area contributed by atoms with Crippen molar-refractivity contribution in [2.45, 2.75) is 69.1 Å². The molecule has 0 radical (unpaired) electrons. The van der Waals surface area contributed by atoms with Gasteiger partial charge in [-0.05, 0) is 25.7 Å². The SMILES string of the molecule is NC(=O)CCC(NC(=O)C(CCC(=O)O)NC(=O)C(N)CCCN=C(N)N)C(=O)NC(Cc1cnc[nH]1)C(=O)O. The molecule has 4 amide bonds. The van der Waals surface area contributed by atoms with Gasteiger partial charge in [-0.2, -0.15) is 0 Å². The highest BCUT2D eigenvalue weighted by Gasteiger charge is 2.31. The van der Waals surface area contributed by atoms with Crippen molar-refractivity contribution in [3.63, 3.8) is 0 Å². The number of H-pyrrole nitrogens is 1. The Bertz CT molecular complexity index is 1060. The zero-order chi connectivity index (χ0) is 30.2. The molecular weight excluding hydrogens is 532 g/mol. The van der Waals surface area contributed by atoms with Crippen LogP contribution in [0.1, 0.15) is 44.2 Å². The van der Waals surface area contributed by atoms with Crippen LogP contribution in [0.15, 0.2) is 17.5 Å². The molecule has 0 aliphatic rings. The molecule has 14 N–H and O–H groups in total. The van der Waals surface area contributed by atoms with E-state index >= 15 is 0 Å². The van der Waals surface area contributed by atoms with Gasteiger partial charge in [-0.25, -0.2) is 9.78 Å². The van der Waals surface area contributed by atoms with E-state index in [0.717, 1.165) is 0 Å². The van der Waals surface area contributed by atoms with Gasteiger partial charge in [-0.3, -0.25) is 29.0 Å². The van der Waals surface area contributed by atoms with Crippen LogP contribution in [0.4, 0.5) is 0 Å². The standard InChI is InChI=1S/C22H36N10O8/c23-12(2-1-7-28-22(25)26)18(36)30-14(4-6-17(34)35)19(37)31-13(3-5-16(24)33)20(38)32-15(21(39)40)8-11-9-27-10-29-11/h9-10,12-15H,1-8,23H2,(H2,24,33)(H,27,29)(H,30,36)(H,31,37)(H,32,38)(H,34,35)(H,39,40)(H4,25,26,28). The Morgan fingerprint density at radius 2 is 1.45 bits per heavy atom. The molecule has 1 rings (SSSR count). The van der Waals surface area contributed by atoms with Crippen LogP contribution in [0.25, 0.3) is 0 Å². The van der Waals surface area contributed by atoms with Gasteiger partial charge in [0.25, 0.3) is 0 Å². The lowest BCUT2D eigenvalue weighted by Gasteiger charge is -2.25. The minimum atomic E-state index is -1.44. The van der Waals surface area contributed by atoms with Crippen LogP contribution in [0.2, 0.25) is 0 Å². The molecule has 1 heterocycles. The molecule has 0 spiro atoms. The van der Waals surface area contributed by atoms with Gasteiger partial charge in [0.05, 0.1) is 12.4 Å². The van der Waals surface area contributed by atoms with Gasteiger partial charge in [0, 0.05) is 37.7 Å². The molecule has 1 aromatic heterocycles. The lowest BCUT2D eigenvalue weighted by atomic mass is 10.1. The number of amides is 4. The van der Waals surface area contributed by atoms with Crippen LogP contribution < -0.4 is 38.9 Å². The number of rotatable bonds is 19. The number of carbonyl (C=O) groups excluding carboxylic acids is 4. The molecule has 4 unspecified atom stereocenters. The van der Waals surface area contributed by atoms with Gasteiger partial charge in [-0.1, -0.05) is 0 Å². The van der Waals surface area contributed by atoms with E-state index in [9.17, 15) is 33.9 Å². The highest BCUT2D eigenvalue weighted by Crippen LogP contribution is 2.06. The van der Waals surface area contributed by atoms with Crippen molar-refractivity contribution < 1.29 is 39.0 Å². The molecule has 18 heteroatoms. The summed E-state index contributed by atoms with van der Waals surface area (Å²) in [7, 11) is 0. The zero-order valence-electron chi connectivity index (χ0n) is 21.7. The monoisotopic (exact) mass is 568 g/mol. The third-order valence-electron chi connectivity index (χ3n) is 5.49. The number of aliphatic imine (C=N–C) groups is 1. The minimum absolute atomic E-state index is 0.130. The number of aliphatic carboxylic acids is 2. The maximum atomic E-state index is 13.1. The smallest absolute Gasteiger partial charge is 0.326 e. The number of primary amides is 1. The first-order valence-electron chi connectivity index (χ1n) is 12.2. The van der Waals surface area contributed by atoms with E-state index in [1.807, 2.05) is 0 Å². The number of carboxylic acid groups (broad SMARTS) is 2. The van der Waals surface area contributed by atoms with Gasteiger partial charge in [0.1, 0.15) is 18.1 Å². The first kappa shape index (κ1) is 33.3. The van der Waals surface area contributed by atoms with Crippen molar-refractivity contribution >= 4 is 41.5 Å². The van der Waals surface area contributed by atoms with Crippen LogP contribution in [0.5, 0.6) is 0 Å². The molecule has 0 aliphatic heterocycles. The van der Waals surface area contributed by atoms with Crippen LogP contribution in [0, 0.1) is 0 Å². The summed E-state index contributed by atoms with van der Waals surface area (Å²) in [4.78, 5) is 83.0. The zero-order valence-corrected chi connectivity index (χ0v) is 21.7. The summed E-state index contributed by atoms with van der Waals surface area (Å²) in [5, 5.41) is 25.6. The first-order valence-corrected chi connectivity index (χ1v) is 12.2. The van der Waals surface area contributed by atoms with Crippen molar-refractivity contribution in [1.82, 2.24) is 25.9 Å². The number of guanidine groups is 1. The third-order valence-corrected chi connectivity index (χ3v) is 5.49. The molecular formula is C22H36N10O8. The van der Waals surface area contributed by atoms with Crippen molar-refractivity contribution in [3.05, 3.63) is 18.2 Å². The number of carbonyl (C=O) groups is 6. The Morgan fingerprint density at radius 3 is 1.95 bits per heavy atom. The normalized spacial score (nSPS) is 13.6. The predicted molar refractivity (Wildman–Crippen MR) is 139 cm³/mol. The molecule has 0 bridgehead atoms. The van der Waals surface area contributed by atoms with Crippen molar-refractivity contribution in [1.29, 1.82) is 0 Å². The molecule has 40 heavy (non-hydrogen) atoms. The minimum Gasteiger partial charge on any atom is -0.481 e. The van der Waals surface area contributed by atoms with E-state index < -0.39 is 66.2 Å². The number of hydrogen-bond donors (Lipinski definition) is 10. The lowest BCUT2D eigenvalue weighted by Crippen LogP contribution is -2.57. The second-order valence-electron chi connectivity index (χ2n) is 8.80. The summed E-state index contributed by atoms with van der Waals surface area (Å²) in [5.41, 5.74) is 21.9. The second-order valence-corrected chi connectivity index (χ2v) is 8.80. The maximum absolute atomic E-state index is 13.1. The Balaban J connectivity index is 2.99. The second kappa shape index (κ2) is 17.0. The molecule has 0 fully saturated rings. The summed E-state index contributed by atoms with van der Waals surface area (Å²) in [5.74, 6) is -6.20. The summed E-state index contributed by atoms with van der Waals surface area (Å²) in [6, 6.07) is -5.36. The van der Waals surface area contributed by atoms with Crippen LogP contribution in [-0.4, -0.2) is 92.4 Å². The fourth-order valence-corrected chi connectivity index (χ4v) is 3.38. The van der Waals surface area contributed by atoms with E-state index in [0.29, 0.717) is 12.1 Å². The van der Waals surface area contributed by atoms with Gasteiger partial charge in [0.15, 0.2) is 5.96 Å². The number of aromatic nitrogens is 2. The molecule has 4 atom stereocenters. The first-order chi connectivity index (χ1) is 18.8. The molecule has 1 aromatic rings. The number of aromatic amines is 1. The van der Waals surface area contributed by atoms with Gasteiger partial charge >= 0.3 is 11.9 Å². The van der Waals surface area contributed by atoms with Gasteiger partial charge < -0.3 is 54.1 Å². The van der Waals surface area contributed by atoms with Crippen molar-refractivity contribution in [3.8, 4) is 0 Å². The number of nitrogens with two attached hydrogens (primary N) is 4. The van der Waals surface area contributed by atoms with Crippen LogP contribution in [-0.2, 0) is 35.2 Å². The predicted octanol–water partition coefficient (Wildman–Crippen LogP) is -4.00. The Hall–Kier alpha value is -4.74. The number of imidazole rings is 1. The third kappa shape index (κ3) is 13.2. The van der Waals surface area contributed by atoms with Gasteiger partial charge in [-0.15, -0.1) is 0 Å². The Labute approximate surface area is 228 Å². The van der Waals surface area contributed by atoms with E-state index in [1.54, 1.807) is 0 Å². The van der Waals surface area contributed by atoms with E-state index in [-0.39, 0.29) is 44.6 Å². The van der Waals surface area contributed by atoms with Crippen LogP contribution in [0.3, 0.4) is 0 Å². The Kier molecular flexibility index (Phi) is 14.1. The summed E-state index contributed by atoms with van der Waals surface area (Å²) < 4.78 is 0. The van der Waals surface area contributed by atoms with E-state index in [1.165, 1.54) is 12.5 Å². The van der Waals surface area contributed by atoms with E-state index in [2.05, 4.69) is 30.9 Å². The average Bonchev–Trinajstić information content (AvgIpc) is 3.38. The lowest BCUT2D eigenvalue weighted by molar-refractivity contribution is -0.142. The maximum Gasteiger partial charge on any atom is 0.326 e. The molecule has 0 aliphatic carbocycles. The summed E-state index contributed by atoms with van der Waals surface area (Å²) in [6.45, 7) is 0.209. The van der Waals surface area contributed by atoms with E-state index in [4.69, 9.17) is 28.0 Å². The topological polar surface area (TPSA) is 324 Å². The van der Waals surface area contributed by atoms with Crippen molar-refractivity contribution in [2.24, 2.45) is 27.9 Å². The van der Waals surface area contributed by atoms with Crippen molar-refractivity contribution in [2.75, 3.05) is 6.54 Å². The summed E-state index contributed by atoms with van der Waals surface area (Å²) >= 11 is 0. The highest BCUT2D eigenvalue weighted by atomic mass is 16.4. The number of carboxylic acids is 2. The number of nitrogens with one attached hydrogen (secondary N) is 4. The molecule has 0 saturated heterocycles. The average molecular weight is 569 g/mol. The summed E-state index contributed by atoms with van der Waals surface area (Å²) in [6.07, 6.45) is 1.52. The molecule has 18 nitrogen and oxygen atoms in total. The Morgan fingerprint density at radius 1 is 0.875 bits per heavy atom. The molecule has 222 valence electrons. The molecule has 0 aromatic carbocycles. The largest absolute Gasteiger partial charge is 0.481 e. The van der Waals surface area contributed by atoms with Crippen LogP contribution >= 0.6 is 0 Å².